The molecule has 0 saturated heterocycles. The summed E-state index contributed by atoms with van der Waals surface area (Å²) in [6.07, 6.45) is -5.74. The van der Waals surface area contributed by atoms with E-state index in [-0.39, 0.29) is 39.2 Å². The topological polar surface area (TPSA) is 134 Å². The number of nitrogens with two attached hydrogens (primary N) is 2. The van der Waals surface area contributed by atoms with Crippen LogP contribution in [0.5, 0.6) is 11.5 Å². The van der Waals surface area contributed by atoms with Crippen molar-refractivity contribution in [1.82, 2.24) is 0 Å². The highest BCUT2D eigenvalue weighted by atomic mass is 35.5. The molecule has 2 rings (SSSR count). The summed E-state index contributed by atoms with van der Waals surface area (Å²) in [5.41, 5.74) is 11.4. The van der Waals surface area contributed by atoms with Gasteiger partial charge in [-0.15, -0.1) is 26.3 Å². The zero-order valence-corrected chi connectivity index (χ0v) is 20.5. The highest BCUT2D eigenvalue weighted by molar-refractivity contribution is 6.32. The van der Waals surface area contributed by atoms with Gasteiger partial charge in [0.1, 0.15) is 11.5 Å². The van der Waals surface area contributed by atoms with Crippen molar-refractivity contribution in [3.05, 3.63) is 57.6 Å². The second kappa shape index (κ2) is 13.7. The minimum atomic E-state index is -4.90. The molecule has 0 atom stereocenters. The lowest BCUT2D eigenvalue weighted by molar-refractivity contribution is -0.275. The lowest BCUT2D eigenvalue weighted by atomic mass is 10.1. The van der Waals surface area contributed by atoms with Gasteiger partial charge in [-0.25, -0.2) is 9.59 Å². The van der Waals surface area contributed by atoms with Crippen LogP contribution in [0.2, 0.25) is 10.0 Å². The van der Waals surface area contributed by atoms with Crippen LogP contribution in [0.15, 0.2) is 36.4 Å². The molecule has 2 aromatic rings. The summed E-state index contributed by atoms with van der Waals surface area (Å²) in [6, 6.07) is 4.04. The Morgan fingerprint density at radius 2 is 1.24 bits per heavy atom. The van der Waals surface area contributed by atoms with Crippen molar-refractivity contribution in [2.24, 2.45) is 0 Å². The Hall–Kier alpha value is -3.78. The average Bonchev–Trinajstić information content (AvgIpc) is 2.74. The normalized spacial score (nSPS) is 11.7. The van der Waals surface area contributed by atoms with E-state index in [1.165, 1.54) is 6.08 Å². The van der Waals surface area contributed by atoms with Crippen molar-refractivity contribution in [1.29, 1.82) is 0 Å². The van der Waals surface area contributed by atoms with Crippen molar-refractivity contribution in [3.63, 3.8) is 0 Å². The predicted octanol–water partition coefficient (Wildman–Crippen LogP) is 6.32. The molecule has 0 spiro atoms. The van der Waals surface area contributed by atoms with E-state index in [0.29, 0.717) is 0 Å². The van der Waals surface area contributed by atoms with Gasteiger partial charge in [-0.2, -0.15) is 0 Å². The fourth-order valence-corrected chi connectivity index (χ4v) is 2.79. The molecule has 8 nitrogen and oxygen atoms in total. The van der Waals surface area contributed by atoms with E-state index >= 15 is 0 Å². The third kappa shape index (κ3) is 12.0. The first-order valence-electron chi connectivity index (χ1n) is 9.87. The molecule has 0 saturated carbocycles. The van der Waals surface area contributed by atoms with Gasteiger partial charge in [-0.05, 0) is 43.3 Å². The lowest BCUT2D eigenvalue weighted by Gasteiger charge is -2.12. The van der Waals surface area contributed by atoms with Gasteiger partial charge in [0.2, 0.25) is 0 Å². The van der Waals surface area contributed by atoms with E-state index in [0.717, 1.165) is 42.5 Å². The van der Waals surface area contributed by atoms with Crippen molar-refractivity contribution in [2.75, 3.05) is 18.1 Å². The lowest BCUT2D eigenvalue weighted by Crippen LogP contribution is -2.17. The summed E-state index contributed by atoms with van der Waals surface area (Å²) in [7, 11) is 0. The third-order valence-corrected chi connectivity index (χ3v) is 4.41. The van der Waals surface area contributed by atoms with E-state index in [1.54, 1.807) is 6.92 Å². The Morgan fingerprint density at radius 1 is 0.842 bits per heavy atom. The number of aliphatic carboxylic acids is 1. The van der Waals surface area contributed by atoms with Gasteiger partial charge in [0.05, 0.1) is 16.7 Å². The summed E-state index contributed by atoms with van der Waals surface area (Å²) < 4.78 is 84.7. The number of halogens is 8. The van der Waals surface area contributed by atoms with Crippen molar-refractivity contribution in [2.45, 2.75) is 19.6 Å². The molecule has 0 bridgehead atoms. The van der Waals surface area contributed by atoms with Crippen LogP contribution in [0.4, 0.5) is 37.7 Å². The molecule has 38 heavy (non-hydrogen) atoms. The van der Waals surface area contributed by atoms with E-state index in [4.69, 9.17) is 39.8 Å². The fraction of sp³-hybridized carbons (Fsp3) is 0.182. The third-order valence-electron chi connectivity index (χ3n) is 3.82. The number of benzene rings is 2. The van der Waals surface area contributed by atoms with Crippen LogP contribution in [-0.2, 0) is 14.3 Å². The smallest absolute Gasteiger partial charge is 0.478 e. The molecule has 2 aromatic carbocycles. The number of hydrogen-bond acceptors (Lipinski definition) is 7. The van der Waals surface area contributed by atoms with Crippen LogP contribution >= 0.6 is 23.2 Å². The molecule has 0 unspecified atom stereocenters. The molecule has 0 aliphatic rings. The number of carboxylic acid groups (broad SMARTS) is 1. The Labute approximate surface area is 221 Å². The van der Waals surface area contributed by atoms with E-state index in [9.17, 15) is 35.9 Å². The number of carboxylic acids is 1. The molecule has 0 aromatic heterocycles. The SMILES string of the molecule is CCOC(=O)/C=C/c1cc(OC(F)(F)F)c(Cl)cc1N.Nc1cc(Cl)c(OC(F)(F)F)cc1/C=C/C(=O)O. The first-order chi connectivity index (χ1) is 17.4. The monoisotopic (exact) mass is 590 g/mol. The van der Waals surface area contributed by atoms with Crippen LogP contribution in [0, 0.1) is 0 Å². The minimum absolute atomic E-state index is 0.0343. The zero-order chi connectivity index (χ0) is 29.3. The number of nitrogen functional groups attached to an aromatic ring is 2. The van der Waals surface area contributed by atoms with Crippen LogP contribution < -0.4 is 20.9 Å². The summed E-state index contributed by atoms with van der Waals surface area (Å²) in [4.78, 5) is 21.4. The molecule has 208 valence electrons. The quantitative estimate of drug-likeness (QED) is 0.148. The Bertz CT molecular complexity index is 1220. The molecule has 5 N–H and O–H groups in total. The second-order valence-electron chi connectivity index (χ2n) is 6.68. The molecule has 0 amide bonds. The Balaban J connectivity index is 0.000000382. The van der Waals surface area contributed by atoms with Crippen molar-refractivity contribution in [3.8, 4) is 11.5 Å². The maximum atomic E-state index is 12.2. The molecular weight excluding hydrogens is 573 g/mol. The van der Waals surface area contributed by atoms with Crippen LogP contribution in [0.3, 0.4) is 0 Å². The van der Waals surface area contributed by atoms with Gasteiger partial charge >= 0.3 is 24.7 Å². The maximum absolute atomic E-state index is 12.2. The van der Waals surface area contributed by atoms with E-state index < -0.39 is 36.2 Å². The van der Waals surface area contributed by atoms with Crippen LogP contribution in [0.25, 0.3) is 12.2 Å². The Morgan fingerprint density at radius 3 is 1.58 bits per heavy atom. The van der Waals surface area contributed by atoms with Crippen LogP contribution in [0.1, 0.15) is 18.1 Å². The van der Waals surface area contributed by atoms with E-state index in [1.807, 2.05) is 0 Å². The van der Waals surface area contributed by atoms with E-state index in [2.05, 4.69) is 14.2 Å². The average molecular weight is 591 g/mol. The number of esters is 1. The van der Waals surface area contributed by atoms with Gasteiger partial charge in [-0.3, -0.25) is 0 Å². The number of carbonyl (C=O) groups is 2. The number of ether oxygens (including phenoxy) is 3. The summed E-state index contributed by atoms with van der Waals surface area (Å²) in [5, 5.41) is 7.80. The molecule has 0 heterocycles. The number of hydrogen-bond donors (Lipinski definition) is 3. The summed E-state index contributed by atoms with van der Waals surface area (Å²) in [6.45, 7) is 1.80. The number of carbonyl (C=O) groups excluding carboxylic acids is 1. The first kappa shape index (κ1) is 32.2. The van der Waals surface area contributed by atoms with Gasteiger partial charge in [0.25, 0.3) is 0 Å². The fourth-order valence-electron chi connectivity index (χ4n) is 2.37. The Kier molecular flexibility index (Phi) is 11.6. The minimum Gasteiger partial charge on any atom is -0.478 e. The molecule has 0 aliphatic heterocycles. The van der Waals surface area contributed by atoms with Gasteiger partial charge in [0.15, 0.2) is 0 Å². The molecular formula is C22H18Cl2F6N2O6. The second-order valence-corrected chi connectivity index (χ2v) is 7.49. The van der Waals surface area contributed by atoms with Gasteiger partial charge in [-0.1, -0.05) is 23.2 Å². The van der Waals surface area contributed by atoms with Gasteiger partial charge in [0, 0.05) is 34.7 Å². The molecule has 16 heteroatoms. The number of rotatable bonds is 7. The predicted molar refractivity (Wildman–Crippen MR) is 127 cm³/mol. The van der Waals surface area contributed by atoms with Gasteiger partial charge < -0.3 is 30.8 Å². The first-order valence-corrected chi connectivity index (χ1v) is 10.6. The van der Waals surface area contributed by atoms with Crippen molar-refractivity contribution >= 4 is 58.7 Å². The number of alkyl halides is 6. The summed E-state index contributed by atoms with van der Waals surface area (Å²) >= 11 is 11.1. The zero-order valence-electron chi connectivity index (χ0n) is 19.0. The summed E-state index contributed by atoms with van der Waals surface area (Å²) in [5.74, 6) is -3.15. The van der Waals surface area contributed by atoms with Crippen LogP contribution in [-0.4, -0.2) is 36.4 Å². The highest BCUT2D eigenvalue weighted by Gasteiger charge is 2.33. The largest absolute Gasteiger partial charge is 0.573 e. The maximum Gasteiger partial charge on any atom is 0.573 e. The highest BCUT2D eigenvalue weighted by Crippen LogP contribution is 2.35. The van der Waals surface area contributed by atoms with Crippen molar-refractivity contribution < 1.29 is 55.2 Å². The standard InChI is InChI=1S/C12H11ClF3NO3.C10H7ClF3NO3/c1-2-19-11(18)4-3-7-5-10(20-12(14,15)16)8(13)6-9(7)17;11-6-4-7(15)5(1-2-9(16)17)3-8(6)18-10(12,13)14/h3-6H,2,17H2,1H3;1-4H,15H2,(H,16,17)/b4-3+;2-1+. The molecule has 0 fully saturated rings. The number of anilines is 2. The molecule has 0 aliphatic carbocycles. The molecule has 0 radical (unpaired) electrons.